The molecule has 0 aliphatic heterocycles. The van der Waals surface area contributed by atoms with Crippen molar-refractivity contribution in [1.82, 2.24) is 4.57 Å². The number of hydrogen-bond acceptors (Lipinski definition) is 4. The van der Waals surface area contributed by atoms with E-state index in [0.29, 0.717) is 36.3 Å². The van der Waals surface area contributed by atoms with Gasteiger partial charge in [-0.1, -0.05) is 25.1 Å². The molecule has 0 N–H and O–H groups in total. The summed E-state index contributed by atoms with van der Waals surface area (Å²) in [6.45, 7) is 2.27. The number of ketones is 2. The van der Waals surface area contributed by atoms with Crippen molar-refractivity contribution in [3.8, 4) is 11.8 Å². The molecule has 0 unspecified atom stereocenters. The normalized spacial score (nSPS) is 10.5. The first-order chi connectivity index (χ1) is 13.1. The van der Waals surface area contributed by atoms with E-state index in [2.05, 4.69) is 6.07 Å². The van der Waals surface area contributed by atoms with Crippen molar-refractivity contribution in [2.24, 2.45) is 0 Å². The number of nitrogens with zero attached hydrogens (tertiary/aromatic N) is 2. The minimum Gasteiger partial charge on any atom is -0.485 e. The quantitative estimate of drug-likeness (QED) is 0.558. The van der Waals surface area contributed by atoms with Crippen LogP contribution in [0, 0.1) is 11.3 Å². The number of Topliss-reactive ketones (excluding diaryl/α,β-unsaturated/α-hetero) is 2. The number of hydrogen-bond donors (Lipinski definition) is 0. The SMILES string of the molecule is CCC(=O)c1ccc(OCC(=O)c2cn(CCC#N)c3ccccc23)cc1. The van der Waals surface area contributed by atoms with Gasteiger partial charge in [0, 0.05) is 41.2 Å². The zero-order valence-corrected chi connectivity index (χ0v) is 15.1. The van der Waals surface area contributed by atoms with Crippen molar-refractivity contribution in [1.29, 1.82) is 5.26 Å². The Morgan fingerprint density at radius 3 is 2.52 bits per heavy atom. The van der Waals surface area contributed by atoms with E-state index >= 15 is 0 Å². The minimum atomic E-state index is -0.129. The predicted molar refractivity (Wildman–Crippen MR) is 103 cm³/mol. The molecule has 1 heterocycles. The second-order valence-electron chi connectivity index (χ2n) is 6.17. The molecule has 3 aromatic rings. The number of rotatable bonds is 8. The standard InChI is InChI=1S/C22H20N2O3/c1-2-21(25)16-8-10-17(11-9-16)27-15-22(26)19-14-24(13-5-12-23)20-7-4-3-6-18(19)20/h3-4,6-11,14H,2,5,13,15H2,1H3. The minimum absolute atomic E-state index is 0.0720. The summed E-state index contributed by atoms with van der Waals surface area (Å²) in [7, 11) is 0. The molecule has 0 aliphatic rings. The van der Waals surface area contributed by atoms with Crippen LogP contribution in [0.15, 0.2) is 54.7 Å². The van der Waals surface area contributed by atoms with Gasteiger partial charge in [0.15, 0.2) is 12.4 Å². The van der Waals surface area contributed by atoms with Crippen LogP contribution in [0.2, 0.25) is 0 Å². The fraction of sp³-hybridized carbons (Fsp3) is 0.227. The molecule has 0 spiro atoms. The van der Waals surface area contributed by atoms with E-state index in [-0.39, 0.29) is 18.2 Å². The van der Waals surface area contributed by atoms with E-state index in [4.69, 9.17) is 10.00 Å². The van der Waals surface area contributed by atoms with Gasteiger partial charge in [-0.3, -0.25) is 9.59 Å². The lowest BCUT2D eigenvalue weighted by Gasteiger charge is -2.06. The zero-order chi connectivity index (χ0) is 19.2. The van der Waals surface area contributed by atoms with Crippen LogP contribution in [0.3, 0.4) is 0 Å². The Hall–Kier alpha value is -3.39. The highest BCUT2D eigenvalue weighted by Crippen LogP contribution is 2.23. The highest BCUT2D eigenvalue weighted by atomic mass is 16.5. The van der Waals surface area contributed by atoms with Gasteiger partial charge in [-0.2, -0.15) is 5.26 Å². The monoisotopic (exact) mass is 360 g/mol. The molecule has 0 aliphatic carbocycles. The van der Waals surface area contributed by atoms with Gasteiger partial charge in [-0.25, -0.2) is 0 Å². The summed E-state index contributed by atoms with van der Waals surface area (Å²) >= 11 is 0. The van der Waals surface area contributed by atoms with Gasteiger partial charge < -0.3 is 9.30 Å². The fourth-order valence-corrected chi connectivity index (χ4v) is 2.99. The molecule has 1 aromatic heterocycles. The molecule has 0 bridgehead atoms. The van der Waals surface area contributed by atoms with E-state index in [1.165, 1.54) is 0 Å². The predicted octanol–water partition coefficient (Wildman–Crippen LogP) is 4.41. The molecule has 3 rings (SSSR count). The van der Waals surface area contributed by atoms with E-state index in [0.717, 1.165) is 10.9 Å². The van der Waals surface area contributed by atoms with Gasteiger partial charge in [0.25, 0.3) is 0 Å². The first kappa shape index (κ1) is 18.4. The molecule has 2 aromatic carbocycles. The number of nitriles is 1. The van der Waals surface area contributed by atoms with Crippen LogP contribution in [0.25, 0.3) is 10.9 Å². The number of fused-ring (bicyclic) bond motifs is 1. The number of para-hydroxylation sites is 1. The summed E-state index contributed by atoms with van der Waals surface area (Å²) < 4.78 is 7.53. The van der Waals surface area contributed by atoms with Gasteiger partial charge in [0.2, 0.25) is 5.78 Å². The van der Waals surface area contributed by atoms with Crippen LogP contribution in [0.1, 0.15) is 40.5 Å². The molecular weight excluding hydrogens is 340 g/mol. The zero-order valence-electron chi connectivity index (χ0n) is 15.1. The summed E-state index contributed by atoms with van der Waals surface area (Å²) in [6.07, 6.45) is 2.62. The third-order valence-corrected chi connectivity index (χ3v) is 4.42. The third kappa shape index (κ3) is 4.06. The summed E-state index contributed by atoms with van der Waals surface area (Å²) in [5.74, 6) is 0.489. The summed E-state index contributed by atoms with van der Waals surface area (Å²) in [4.78, 5) is 24.3. The average molecular weight is 360 g/mol. The van der Waals surface area contributed by atoms with Crippen LogP contribution < -0.4 is 4.74 Å². The van der Waals surface area contributed by atoms with Crippen molar-refractivity contribution < 1.29 is 14.3 Å². The maximum atomic E-state index is 12.7. The van der Waals surface area contributed by atoms with Crippen LogP contribution in [0.5, 0.6) is 5.75 Å². The van der Waals surface area contributed by atoms with Crippen molar-refractivity contribution in [2.45, 2.75) is 26.3 Å². The summed E-state index contributed by atoms with van der Waals surface area (Å²) in [6, 6.07) is 16.6. The van der Waals surface area contributed by atoms with E-state index in [9.17, 15) is 9.59 Å². The molecular formula is C22H20N2O3. The van der Waals surface area contributed by atoms with Gasteiger partial charge >= 0.3 is 0 Å². The number of carbonyl (C=O) groups excluding carboxylic acids is 2. The third-order valence-electron chi connectivity index (χ3n) is 4.42. The Morgan fingerprint density at radius 2 is 1.81 bits per heavy atom. The molecule has 5 heteroatoms. The molecule has 0 saturated heterocycles. The van der Waals surface area contributed by atoms with Crippen molar-refractivity contribution >= 4 is 22.5 Å². The summed E-state index contributed by atoms with van der Waals surface area (Å²) in [5.41, 5.74) is 2.15. The second-order valence-corrected chi connectivity index (χ2v) is 6.17. The maximum Gasteiger partial charge on any atom is 0.202 e. The van der Waals surface area contributed by atoms with Crippen LogP contribution in [-0.2, 0) is 6.54 Å². The van der Waals surface area contributed by atoms with Crippen LogP contribution >= 0.6 is 0 Å². The topological polar surface area (TPSA) is 72.1 Å². The van der Waals surface area contributed by atoms with Crippen LogP contribution in [-0.4, -0.2) is 22.7 Å². The highest BCUT2D eigenvalue weighted by molar-refractivity contribution is 6.08. The summed E-state index contributed by atoms with van der Waals surface area (Å²) in [5, 5.41) is 9.68. The average Bonchev–Trinajstić information content (AvgIpc) is 3.09. The Morgan fingerprint density at radius 1 is 1.07 bits per heavy atom. The van der Waals surface area contributed by atoms with E-state index in [1.54, 1.807) is 30.5 Å². The van der Waals surface area contributed by atoms with Crippen LogP contribution in [0.4, 0.5) is 0 Å². The number of benzene rings is 2. The Bertz CT molecular complexity index is 1010. The molecule has 27 heavy (non-hydrogen) atoms. The lowest BCUT2D eigenvalue weighted by Crippen LogP contribution is -2.11. The Labute approximate surface area is 157 Å². The number of ether oxygens (including phenoxy) is 1. The molecule has 0 saturated carbocycles. The van der Waals surface area contributed by atoms with Gasteiger partial charge in [0.05, 0.1) is 12.5 Å². The molecule has 0 fully saturated rings. The Kier molecular flexibility index (Phi) is 5.68. The lowest BCUT2D eigenvalue weighted by molar-refractivity contribution is 0.0921. The van der Waals surface area contributed by atoms with Gasteiger partial charge in [-0.15, -0.1) is 0 Å². The first-order valence-electron chi connectivity index (χ1n) is 8.88. The number of aromatic nitrogens is 1. The smallest absolute Gasteiger partial charge is 0.202 e. The van der Waals surface area contributed by atoms with Gasteiger partial charge in [0.1, 0.15) is 5.75 Å². The lowest BCUT2D eigenvalue weighted by atomic mass is 10.1. The largest absolute Gasteiger partial charge is 0.485 e. The maximum absolute atomic E-state index is 12.7. The molecule has 0 radical (unpaired) electrons. The number of aryl methyl sites for hydroxylation is 1. The van der Waals surface area contributed by atoms with E-state index in [1.807, 2.05) is 35.8 Å². The Balaban J connectivity index is 1.75. The highest BCUT2D eigenvalue weighted by Gasteiger charge is 2.15. The molecule has 0 amide bonds. The van der Waals surface area contributed by atoms with Crippen molar-refractivity contribution in [3.05, 3.63) is 65.9 Å². The van der Waals surface area contributed by atoms with Crippen molar-refractivity contribution in [3.63, 3.8) is 0 Å². The van der Waals surface area contributed by atoms with Gasteiger partial charge in [-0.05, 0) is 30.3 Å². The number of carbonyl (C=O) groups is 2. The first-order valence-corrected chi connectivity index (χ1v) is 8.88. The molecule has 0 atom stereocenters. The van der Waals surface area contributed by atoms with E-state index < -0.39 is 0 Å². The fourth-order valence-electron chi connectivity index (χ4n) is 2.99. The second kappa shape index (κ2) is 8.33. The molecule has 136 valence electrons. The molecule has 5 nitrogen and oxygen atoms in total. The van der Waals surface area contributed by atoms with Crippen molar-refractivity contribution in [2.75, 3.05) is 6.61 Å².